The second kappa shape index (κ2) is 2.31. The average molecular weight is 165 g/mol. The van der Waals surface area contributed by atoms with Gasteiger partial charge in [0.05, 0.1) is 6.04 Å². The summed E-state index contributed by atoms with van der Waals surface area (Å²) in [6, 6.07) is 0.604. The maximum absolute atomic E-state index is 4.15. The first-order valence-corrected chi connectivity index (χ1v) is 4.43. The Morgan fingerprint density at radius 3 is 2.58 bits per heavy atom. The van der Waals surface area contributed by atoms with Gasteiger partial charge in [-0.1, -0.05) is 20.8 Å². The van der Waals surface area contributed by atoms with Gasteiger partial charge in [-0.05, 0) is 17.8 Å². The quantitative estimate of drug-likeness (QED) is 0.636. The predicted octanol–water partition coefficient (Wildman–Crippen LogP) is 1.89. The highest BCUT2D eigenvalue weighted by Gasteiger charge is 2.46. The monoisotopic (exact) mass is 165 g/mol. The lowest BCUT2D eigenvalue weighted by molar-refractivity contribution is 0.323. The van der Waals surface area contributed by atoms with E-state index in [1.807, 2.05) is 11.0 Å². The van der Waals surface area contributed by atoms with Gasteiger partial charge in [0.2, 0.25) is 0 Å². The lowest BCUT2D eigenvalue weighted by atomic mass is 9.90. The summed E-state index contributed by atoms with van der Waals surface area (Å²) >= 11 is 0. The molecule has 2 rings (SSSR count). The van der Waals surface area contributed by atoms with Crippen LogP contribution >= 0.6 is 0 Å². The molecule has 0 saturated heterocycles. The van der Waals surface area contributed by atoms with E-state index in [1.165, 1.54) is 6.42 Å². The molecule has 2 unspecified atom stereocenters. The molecule has 3 heteroatoms. The molecule has 1 heterocycles. The zero-order chi connectivity index (χ0) is 8.77. The Hall–Kier alpha value is -0.860. The Morgan fingerprint density at radius 1 is 1.42 bits per heavy atom. The van der Waals surface area contributed by atoms with Crippen LogP contribution in [0.3, 0.4) is 0 Å². The highest BCUT2D eigenvalue weighted by molar-refractivity contribution is 4.97. The molecule has 1 aromatic rings. The van der Waals surface area contributed by atoms with Crippen molar-refractivity contribution in [2.45, 2.75) is 33.2 Å². The summed E-state index contributed by atoms with van der Waals surface area (Å²) in [5, 5.41) is 4.15. The summed E-state index contributed by atoms with van der Waals surface area (Å²) in [7, 11) is 0. The van der Waals surface area contributed by atoms with Gasteiger partial charge in [0.1, 0.15) is 12.7 Å². The minimum absolute atomic E-state index is 0.413. The maximum atomic E-state index is 4.15. The number of hydrogen-bond acceptors (Lipinski definition) is 2. The van der Waals surface area contributed by atoms with Crippen molar-refractivity contribution in [3.63, 3.8) is 0 Å². The second-order valence-electron chi connectivity index (χ2n) is 4.65. The van der Waals surface area contributed by atoms with Crippen LogP contribution in [0.5, 0.6) is 0 Å². The molecule has 0 aliphatic heterocycles. The van der Waals surface area contributed by atoms with Gasteiger partial charge in [0.25, 0.3) is 0 Å². The molecule has 0 bridgehead atoms. The molecule has 1 aliphatic rings. The molecule has 0 spiro atoms. The number of nitrogens with zero attached hydrogens (tertiary/aromatic N) is 3. The van der Waals surface area contributed by atoms with Crippen LogP contribution in [0, 0.1) is 11.3 Å². The van der Waals surface area contributed by atoms with Crippen LogP contribution in [0.1, 0.15) is 33.2 Å². The second-order valence-corrected chi connectivity index (χ2v) is 4.65. The topological polar surface area (TPSA) is 30.7 Å². The Balaban J connectivity index is 2.06. The van der Waals surface area contributed by atoms with Gasteiger partial charge in [0.15, 0.2) is 0 Å². The van der Waals surface area contributed by atoms with Crippen molar-refractivity contribution in [1.82, 2.24) is 14.8 Å². The highest BCUT2D eigenvalue weighted by Crippen LogP contribution is 2.53. The van der Waals surface area contributed by atoms with Gasteiger partial charge < -0.3 is 0 Å². The van der Waals surface area contributed by atoms with E-state index in [4.69, 9.17) is 0 Å². The van der Waals surface area contributed by atoms with Gasteiger partial charge in [-0.2, -0.15) is 5.10 Å². The summed E-state index contributed by atoms with van der Waals surface area (Å²) in [6.07, 6.45) is 4.68. The zero-order valence-corrected chi connectivity index (χ0v) is 7.86. The molecule has 1 aliphatic carbocycles. The summed E-state index contributed by atoms with van der Waals surface area (Å²) in [5.41, 5.74) is 0.413. The molecule has 1 aromatic heterocycles. The molecule has 12 heavy (non-hydrogen) atoms. The molecule has 66 valence electrons. The fourth-order valence-corrected chi connectivity index (χ4v) is 1.79. The van der Waals surface area contributed by atoms with E-state index in [-0.39, 0.29) is 0 Å². The first kappa shape index (κ1) is 7.77. The summed E-state index contributed by atoms with van der Waals surface area (Å²) in [4.78, 5) is 3.95. The summed E-state index contributed by atoms with van der Waals surface area (Å²) in [5.74, 6) is 0.777. The van der Waals surface area contributed by atoms with E-state index in [9.17, 15) is 0 Å². The van der Waals surface area contributed by atoms with E-state index < -0.39 is 0 Å². The normalized spacial score (nSPS) is 28.9. The Morgan fingerprint density at radius 2 is 2.17 bits per heavy atom. The molecule has 0 amide bonds. The Labute approximate surface area is 72.8 Å². The minimum atomic E-state index is 0.413. The molecule has 0 N–H and O–H groups in total. The fraction of sp³-hybridized carbons (Fsp3) is 0.778. The fourth-order valence-electron chi connectivity index (χ4n) is 1.79. The predicted molar refractivity (Wildman–Crippen MR) is 46.6 cm³/mol. The first-order chi connectivity index (χ1) is 5.59. The summed E-state index contributed by atoms with van der Waals surface area (Å²) < 4.78 is 1.98. The van der Waals surface area contributed by atoms with Crippen molar-refractivity contribution in [2.24, 2.45) is 11.3 Å². The molecule has 0 aromatic carbocycles. The molecule has 0 radical (unpaired) electrons. The SMILES string of the molecule is CC(C)(C)C1CC1n1cncn1. The standard InChI is InChI=1S/C9H15N3/c1-9(2,3)7-4-8(7)12-6-10-5-11-12/h5-8H,4H2,1-3H3. The first-order valence-electron chi connectivity index (χ1n) is 4.43. The van der Waals surface area contributed by atoms with Crippen molar-refractivity contribution in [3.05, 3.63) is 12.7 Å². The molecule has 2 atom stereocenters. The van der Waals surface area contributed by atoms with Gasteiger partial charge in [-0.25, -0.2) is 9.67 Å². The van der Waals surface area contributed by atoms with Crippen LogP contribution < -0.4 is 0 Å². The number of rotatable bonds is 1. The van der Waals surface area contributed by atoms with Crippen LogP contribution in [-0.4, -0.2) is 14.8 Å². The van der Waals surface area contributed by atoms with E-state index in [0.717, 1.165) is 5.92 Å². The smallest absolute Gasteiger partial charge is 0.137 e. The molecule has 3 nitrogen and oxygen atoms in total. The van der Waals surface area contributed by atoms with Crippen LogP contribution in [-0.2, 0) is 0 Å². The van der Waals surface area contributed by atoms with Crippen LogP contribution in [0.2, 0.25) is 0 Å². The van der Waals surface area contributed by atoms with Crippen molar-refractivity contribution in [3.8, 4) is 0 Å². The van der Waals surface area contributed by atoms with Gasteiger partial charge in [-0.15, -0.1) is 0 Å². The maximum Gasteiger partial charge on any atom is 0.137 e. The van der Waals surface area contributed by atoms with Gasteiger partial charge in [-0.3, -0.25) is 0 Å². The molecule has 1 fully saturated rings. The van der Waals surface area contributed by atoms with Gasteiger partial charge >= 0.3 is 0 Å². The van der Waals surface area contributed by atoms with E-state index in [1.54, 1.807) is 6.33 Å². The lowest BCUT2D eigenvalue weighted by Crippen LogP contribution is -2.11. The van der Waals surface area contributed by atoms with E-state index in [2.05, 4.69) is 30.9 Å². The van der Waals surface area contributed by atoms with Gasteiger partial charge in [0, 0.05) is 0 Å². The number of aromatic nitrogens is 3. The summed E-state index contributed by atoms with van der Waals surface area (Å²) in [6.45, 7) is 6.86. The average Bonchev–Trinajstić information content (AvgIpc) is 2.60. The van der Waals surface area contributed by atoms with Crippen molar-refractivity contribution >= 4 is 0 Å². The highest BCUT2D eigenvalue weighted by atomic mass is 15.3. The molecular weight excluding hydrogens is 150 g/mol. The van der Waals surface area contributed by atoms with Crippen molar-refractivity contribution in [1.29, 1.82) is 0 Å². The Kier molecular flexibility index (Phi) is 1.50. The third-order valence-corrected chi connectivity index (χ3v) is 2.65. The third kappa shape index (κ3) is 1.24. The largest absolute Gasteiger partial charge is 0.250 e. The van der Waals surface area contributed by atoms with Crippen LogP contribution in [0.25, 0.3) is 0 Å². The van der Waals surface area contributed by atoms with Crippen LogP contribution in [0.15, 0.2) is 12.7 Å². The van der Waals surface area contributed by atoms with Crippen molar-refractivity contribution < 1.29 is 0 Å². The third-order valence-electron chi connectivity index (χ3n) is 2.65. The molecule has 1 saturated carbocycles. The van der Waals surface area contributed by atoms with E-state index >= 15 is 0 Å². The molecular formula is C9H15N3. The van der Waals surface area contributed by atoms with Crippen molar-refractivity contribution in [2.75, 3.05) is 0 Å². The lowest BCUT2D eigenvalue weighted by Gasteiger charge is -2.17. The van der Waals surface area contributed by atoms with Crippen LogP contribution in [0.4, 0.5) is 0 Å². The van der Waals surface area contributed by atoms with E-state index in [0.29, 0.717) is 11.5 Å². The Bertz CT molecular complexity index is 258. The minimum Gasteiger partial charge on any atom is -0.250 e. The number of hydrogen-bond donors (Lipinski definition) is 0. The zero-order valence-electron chi connectivity index (χ0n) is 7.86.